The zero-order chi connectivity index (χ0) is 15.3. The van der Waals surface area contributed by atoms with Crippen molar-refractivity contribution in [2.24, 2.45) is 4.99 Å². The van der Waals surface area contributed by atoms with Gasteiger partial charge in [-0.25, -0.2) is 0 Å². The molecule has 0 aliphatic heterocycles. The summed E-state index contributed by atoms with van der Waals surface area (Å²) in [5.74, 6) is 0.787. The molecule has 0 aliphatic rings. The number of hydrogen-bond donors (Lipinski definition) is 3. The van der Waals surface area contributed by atoms with Crippen LogP contribution in [0.25, 0.3) is 0 Å². The minimum atomic E-state index is 0.0374. The second-order valence-electron chi connectivity index (χ2n) is 4.79. The fraction of sp³-hybridized carbons (Fsp3) is 0.500. The summed E-state index contributed by atoms with van der Waals surface area (Å²) in [7, 11) is 1.73. The van der Waals surface area contributed by atoms with E-state index in [4.69, 9.17) is 0 Å². The molecule has 0 bridgehead atoms. The third-order valence-corrected chi connectivity index (χ3v) is 3.02. The SMILES string of the molecule is CCCCNC(=NC)NCCC(=O)NCc1ccccc1. The number of hydrogen-bond acceptors (Lipinski definition) is 2. The van der Waals surface area contributed by atoms with Gasteiger partial charge >= 0.3 is 0 Å². The van der Waals surface area contributed by atoms with Crippen molar-refractivity contribution in [3.05, 3.63) is 35.9 Å². The van der Waals surface area contributed by atoms with Crippen LogP contribution in [0.15, 0.2) is 35.3 Å². The van der Waals surface area contributed by atoms with Crippen molar-refractivity contribution in [1.29, 1.82) is 0 Å². The quantitative estimate of drug-likeness (QED) is 0.387. The molecule has 5 heteroatoms. The number of carbonyl (C=O) groups is 1. The number of amides is 1. The number of benzene rings is 1. The minimum absolute atomic E-state index is 0.0374. The lowest BCUT2D eigenvalue weighted by atomic mass is 10.2. The first kappa shape index (κ1) is 17.0. The predicted octanol–water partition coefficient (Wildman–Crippen LogP) is 1.66. The van der Waals surface area contributed by atoms with Crippen LogP contribution in [0.2, 0.25) is 0 Å². The molecule has 0 saturated heterocycles. The van der Waals surface area contributed by atoms with Gasteiger partial charge < -0.3 is 16.0 Å². The molecular formula is C16H26N4O. The Kier molecular flexibility index (Phi) is 8.68. The van der Waals surface area contributed by atoms with E-state index in [-0.39, 0.29) is 5.91 Å². The van der Waals surface area contributed by atoms with Crippen LogP contribution in [0.3, 0.4) is 0 Å². The maximum atomic E-state index is 11.7. The lowest BCUT2D eigenvalue weighted by Crippen LogP contribution is -2.39. The van der Waals surface area contributed by atoms with E-state index in [1.807, 2.05) is 30.3 Å². The van der Waals surface area contributed by atoms with Crippen LogP contribution in [0.5, 0.6) is 0 Å². The Morgan fingerprint density at radius 3 is 2.48 bits per heavy atom. The van der Waals surface area contributed by atoms with Crippen LogP contribution in [0.4, 0.5) is 0 Å². The number of carbonyl (C=O) groups excluding carboxylic acids is 1. The predicted molar refractivity (Wildman–Crippen MR) is 87.2 cm³/mol. The highest BCUT2D eigenvalue weighted by atomic mass is 16.1. The summed E-state index contributed by atoms with van der Waals surface area (Å²) in [4.78, 5) is 15.8. The van der Waals surface area contributed by atoms with Gasteiger partial charge in [0.05, 0.1) is 0 Å². The van der Waals surface area contributed by atoms with E-state index < -0.39 is 0 Å². The molecular weight excluding hydrogens is 264 g/mol. The number of unbranched alkanes of at least 4 members (excludes halogenated alkanes) is 1. The highest BCUT2D eigenvalue weighted by molar-refractivity contribution is 5.81. The van der Waals surface area contributed by atoms with Crippen molar-refractivity contribution in [3.63, 3.8) is 0 Å². The van der Waals surface area contributed by atoms with Gasteiger partial charge in [0, 0.05) is 33.1 Å². The first-order chi connectivity index (χ1) is 10.3. The Morgan fingerprint density at radius 2 is 1.81 bits per heavy atom. The molecule has 0 unspecified atom stereocenters. The van der Waals surface area contributed by atoms with E-state index >= 15 is 0 Å². The van der Waals surface area contributed by atoms with E-state index in [1.54, 1.807) is 7.05 Å². The van der Waals surface area contributed by atoms with Gasteiger partial charge in [-0.1, -0.05) is 43.7 Å². The lowest BCUT2D eigenvalue weighted by Gasteiger charge is -2.11. The molecule has 0 aliphatic carbocycles. The Hall–Kier alpha value is -2.04. The smallest absolute Gasteiger partial charge is 0.222 e. The van der Waals surface area contributed by atoms with Crippen molar-refractivity contribution < 1.29 is 4.79 Å². The van der Waals surface area contributed by atoms with Crippen LogP contribution < -0.4 is 16.0 Å². The molecule has 0 atom stereocenters. The second kappa shape index (κ2) is 10.7. The molecule has 116 valence electrons. The van der Waals surface area contributed by atoms with Crippen LogP contribution in [-0.2, 0) is 11.3 Å². The molecule has 1 rings (SSSR count). The Labute approximate surface area is 127 Å². The molecule has 1 amide bonds. The molecule has 1 aromatic carbocycles. The first-order valence-corrected chi connectivity index (χ1v) is 7.51. The van der Waals surface area contributed by atoms with Crippen molar-refractivity contribution >= 4 is 11.9 Å². The van der Waals surface area contributed by atoms with Gasteiger partial charge in [-0.05, 0) is 12.0 Å². The largest absolute Gasteiger partial charge is 0.356 e. The van der Waals surface area contributed by atoms with Crippen LogP contribution in [0.1, 0.15) is 31.7 Å². The molecule has 0 heterocycles. The normalized spacial score (nSPS) is 11.0. The van der Waals surface area contributed by atoms with Gasteiger partial charge in [0.1, 0.15) is 0 Å². The Morgan fingerprint density at radius 1 is 1.10 bits per heavy atom. The van der Waals surface area contributed by atoms with E-state index in [1.165, 1.54) is 0 Å². The van der Waals surface area contributed by atoms with Crippen LogP contribution in [0, 0.1) is 0 Å². The van der Waals surface area contributed by atoms with E-state index in [0.29, 0.717) is 19.5 Å². The third kappa shape index (κ3) is 7.97. The van der Waals surface area contributed by atoms with Gasteiger partial charge in [0.2, 0.25) is 5.91 Å². The number of nitrogens with zero attached hydrogens (tertiary/aromatic N) is 1. The highest BCUT2D eigenvalue weighted by Crippen LogP contribution is 1.97. The van der Waals surface area contributed by atoms with Crippen molar-refractivity contribution in [1.82, 2.24) is 16.0 Å². The zero-order valence-corrected chi connectivity index (χ0v) is 13.0. The maximum Gasteiger partial charge on any atom is 0.222 e. The van der Waals surface area contributed by atoms with E-state index in [0.717, 1.165) is 30.9 Å². The molecule has 3 N–H and O–H groups in total. The fourth-order valence-electron chi connectivity index (χ4n) is 1.78. The molecule has 5 nitrogen and oxygen atoms in total. The number of guanidine groups is 1. The first-order valence-electron chi connectivity index (χ1n) is 7.51. The van der Waals surface area contributed by atoms with Gasteiger partial charge in [-0.3, -0.25) is 9.79 Å². The lowest BCUT2D eigenvalue weighted by molar-refractivity contribution is -0.121. The van der Waals surface area contributed by atoms with Crippen LogP contribution >= 0.6 is 0 Å². The topological polar surface area (TPSA) is 65.5 Å². The molecule has 0 radical (unpaired) electrons. The van der Waals surface area contributed by atoms with Gasteiger partial charge in [0.25, 0.3) is 0 Å². The summed E-state index contributed by atoms with van der Waals surface area (Å²) < 4.78 is 0. The minimum Gasteiger partial charge on any atom is -0.356 e. The monoisotopic (exact) mass is 290 g/mol. The average Bonchev–Trinajstić information content (AvgIpc) is 2.52. The fourth-order valence-corrected chi connectivity index (χ4v) is 1.78. The summed E-state index contributed by atoms with van der Waals surface area (Å²) in [6, 6.07) is 9.90. The third-order valence-electron chi connectivity index (χ3n) is 3.02. The molecule has 0 saturated carbocycles. The maximum absolute atomic E-state index is 11.7. The van der Waals surface area contributed by atoms with Gasteiger partial charge in [-0.2, -0.15) is 0 Å². The summed E-state index contributed by atoms with van der Waals surface area (Å²) in [6.07, 6.45) is 2.69. The average molecular weight is 290 g/mol. The summed E-state index contributed by atoms with van der Waals surface area (Å²) in [5.41, 5.74) is 1.11. The van der Waals surface area contributed by atoms with E-state index in [9.17, 15) is 4.79 Å². The molecule has 0 aromatic heterocycles. The van der Waals surface area contributed by atoms with Gasteiger partial charge in [-0.15, -0.1) is 0 Å². The van der Waals surface area contributed by atoms with E-state index in [2.05, 4.69) is 27.9 Å². The summed E-state index contributed by atoms with van der Waals surface area (Å²) >= 11 is 0. The highest BCUT2D eigenvalue weighted by Gasteiger charge is 2.02. The number of rotatable bonds is 8. The van der Waals surface area contributed by atoms with Crippen molar-refractivity contribution in [3.8, 4) is 0 Å². The van der Waals surface area contributed by atoms with Crippen molar-refractivity contribution in [2.45, 2.75) is 32.7 Å². The van der Waals surface area contributed by atoms with Crippen LogP contribution in [-0.4, -0.2) is 32.0 Å². The molecule has 0 spiro atoms. The summed E-state index contributed by atoms with van der Waals surface area (Å²) in [6.45, 7) is 4.20. The Bertz CT molecular complexity index is 431. The molecule has 0 fully saturated rings. The number of aliphatic imine (C=N–C) groups is 1. The van der Waals surface area contributed by atoms with Gasteiger partial charge in [0.15, 0.2) is 5.96 Å². The Balaban J connectivity index is 2.15. The second-order valence-corrected chi connectivity index (χ2v) is 4.79. The molecule has 21 heavy (non-hydrogen) atoms. The summed E-state index contributed by atoms with van der Waals surface area (Å²) in [5, 5.41) is 9.25. The van der Waals surface area contributed by atoms with Crippen molar-refractivity contribution in [2.75, 3.05) is 20.1 Å². The standard InChI is InChI=1S/C16H26N4O/c1-3-4-11-18-16(17-2)19-12-10-15(21)20-13-14-8-6-5-7-9-14/h5-9H,3-4,10-13H2,1-2H3,(H,20,21)(H2,17,18,19). The number of nitrogens with one attached hydrogen (secondary N) is 3. The zero-order valence-electron chi connectivity index (χ0n) is 13.0. The molecule has 1 aromatic rings.